The van der Waals surface area contributed by atoms with E-state index in [-0.39, 0.29) is 29.8 Å². The predicted molar refractivity (Wildman–Crippen MR) is 97.0 cm³/mol. The third kappa shape index (κ3) is 4.27. The maximum absolute atomic E-state index is 12.3. The lowest BCUT2D eigenvalue weighted by Gasteiger charge is -2.37. The lowest BCUT2D eigenvalue weighted by Crippen LogP contribution is -2.35. The van der Waals surface area contributed by atoms with Crippen molar-refractivity contribution in [2.24, 2.45) is 5.92 Å². The summed E-state index contributed by atoms with van der Waals surface area (Å²) in [4.78, 5) is 12.3. The van der Waals surface area contributed by atoms with Crippen molar-refractivity contribution in [3.05, 3.63) is 35.4 Å². The van der Waals surface area contributed by atoms with Crippen LogP contribution in [0.25, 0.3) is 0 Å². The van der Waals surface area contributed by atoms with E-state index in [1.807, 2.05) is 0 Å². The van der Waals surface area contributed by atoms with Crippen molar-refractivity contribution in [1.82, 2.24) is 10.6 Å². The fourth-order valence-corrected chi connectivity index (χ4v) is 3.93. The molecule has 0 bridgehead atoms. The van der Waals surface area contributed by atoms with E-state index >= 15 is 0 Å². The Kier molecular flexibility index (Phi) is 6.10. The van der Waals surface area contributed by atoms with Gasteiger partial charge in [0.1, 0.15) is 0 Å². The second-order valence-corrected chi connectivity index (χ2v) is 7.53. The maximum Gasteiger partial charge on any atom is 0.220 e. The molecule has 1 aliphatic carbocycles. The fourth-order valence-electron chi connectivity index (χ4n) is 3.93. The Balaban J connectivity index is 0.00000192. The third-order valence-electron chi connectivity index (χ3n) is 5.40. The van der Waals surface area contributed by atoms with Gasteiger partial charge in [-0.3, -0.25) is 4.79 Å². The Morgan fingerprint density at radius 3 is 2.83 bits per heavy atom. The first-order valence-corrected chi connectivity index (χ1v) is 8.66. The molecule has 2 unspecified atom stereocenters. The second-order valence-electron chi connectivity index (χ2n) is 7.53. The van der Waals surface area contributed by atoms with Crippen LogP contribution in [0.4, 0.5) is 0 Å². The zero-order valence-electron chi connectivity index (χ0n) is 14.2. The first kappa shape index (κ1) is 18.3. The fraction of sp³-hybridized carbons (Fsp3) is 0.632. The van der Waals surface area contributed by atoms with Gasteiger partial charge in [0, 0.05) is 6.42 Å². The van der Waals surface area contributed by atoms with Crippen molar-refractivity contribution in [2.45, 2.75) is 57.4 Å². The molecule has 2 N–H and O–H groups in total. The molecule has 128 valence electrons. The first-order valence-electron chi connectivity index (χ1n) is 8.66. The summed E-state index contributed by atoms with van der Waals surface area (Å²) in [5.41, 5.74) is 2.93. The number of nitrogens with one attached hydrogen (secondary N) is 2. The number of carbonyl (C=O) groups is 1. The number of rotatable bonds is 4. The van der Waals surface area contributed by atoms with E-state index in [0.29, 0.717) is 12.3 Å². The monoisotopic (exact) mass is 336 g/mol. The summed E-state index contributed by atoms with van der Waals surface area (Å²) in [5, 5.41) is 6.65. The van der Waals surface area contributed by atoms with Gasteiger partial charge in [-0.05, 0) is 61.2 Å². The van der Waals surface area contributed by atoms with Crippen LogP contribution in [0.15, 0.2) is 24.3 Å². The molecule has 4 heteroatoms. The van der Waals surface area contributed by atoms with E-state index in [0.717, 1.165) is 32.4 Å². The van der Waals surface area contributed by atoms with E-state index in [1.54, 1.807) is 0 Å². The molecule has 1 heterocycles. The molecule has 1 fully saturated rings. The minimum absolute atomic E-state index is 0. The van der Waals surface area contributed by atoms with E-state index in [9.17, 15) is 4.79 Å². The molecule has 3 rings (SSSR count). The largest absolute Gasteiger partial charge is 0.349 e. The molecule has 1 aromatic rings. The summed E-state index contributed by atoms with van der Waals surface area (Å²) in [5.74, 6) is 0.898. The van der Waals surface area contributed by atoms with Gasteiger partial charge >= 0.3 is 0 Å². The van der Waals surface area contributed by atoms with Crippen LogP contribution < -0.4 is 10.6 Å². The van der Waals surface area contributed by atoms with Crippen LogP contribution in [0.3, 0.4) is 0 Å². The molecule has 2 aliphatic rings. The number of halogens is 1. The first-order chi connectivity index (χ1) is 10.6. The number of hydrogen-bond donors (Lipinski definition) is 2. The van der Waals surface area contributed by atoms with Crippen LogP contribution in [-0.2, 0) is 10.2 Å². The van der Waals surface area contributed by atoms with Crippen molar-refractivity contribution in [3.63, 3.8) is 0 Å². The zero-order chi connectivity index (χ0) is 15.6. The Bertz CT molecular complexity index is 538. The Hall–Kier alpha value is -1.06. The lowest BCUT2D eigenvalue weighted by atomic mass is 9.71. The van der Waals surface area contributed by atoms with Crippen molar-refractivity contribution < 1.29 is 4.79 Å². The molecule has 23 heavy (non-hydrogen) atoms. The number of hydrogen-bond acceptors (Lipinski definition) is 2. The van der Waals surface area contributed by atoms with Crippen LogP contribution in [0.2, 0.25) is 0 Å². The molecule has 0 radical (unpaired) electrons. The molecular weight excluding hydrogens is 308 g/mol. The highest BCUT2D eigenvalue weighted by atomic mass is 35.5. The topological polar surface area (TPSA) is 41.1 Å². The number of carbonyl (C=O) groups excluding carboxylic acids is 1. The van der Waals surface area contributed by atoms with E-state index < -0.39 is 0 Å². The van der Waals surface area contributed by atoms with Gasteiger partial charge in [0.05, 0.1) is 6.04 Å². The number of amides is 1. The molecule has 0 spiro atoms. The lowest BCUT2D eigenvalue weighted by molar-refractivity contribution is -0.122. The Labute approximate surface area is 146 Å². The standard InChI is InChI=1S/C19H28N2O.ClH/c1-19(2)11-9-17(15-5-3-4-6-16(15)19)21-18(22)8-7-14-10-12-20-13-14;/h3-6,14,17,20H,7-13H2,1-2H3,(H,21,22);1H. The molecule has 0 saturated carbocycles. The van der Waals surface area contributed by atoms with Gasteiger partial charge < -0.3 is 10.6 Å². The summed E-state index contributed by atoms with van der Waals surface area (Å²) in [6.07, 6.45) is 5.06. The van der Waals surface area contributed by atoms with Crippen LogP contribution in [0, 0.1) is 5.92 Å². The maximum atomic E-state index is 12.3. The van der Waals surface area contributed by atoms with E-state index in [4.69, 9.17) is 0 Å². The predicted octanol–water partition coefficient (Wildman–Crippen LogP) is 3.73. The molecule has 1 amide bonds. The van der Waals surface area contributed by atoms with Crippen LogP contribution in [0.5, 0.6) is 0 Å². The zero-order valence-corrected chi connectivity index (χ0v) is 15.0. The smallest absolute Gasteiger partial charge is 0.220 e. The van der Waals surface area contributed by atoms with Gasteiger partial charge in [0.2, 0.25) is 5.91 Å². The van der Waals surface area contributed by atoms with E-state index in [2.05, 4.69) is 48.7 Å². The third-order valence-corrected chi connectivity index (χ3v) is 5.40. The highest BCUT2D eigenvalue weighted by Gasteiger charge is 2.32. The Morgan fingerprint density at radius 1 is 1.30 bits per heavy atom. The van der Waals surface area contributed by atoms with Crippen LogP contribution >= 0.6 is 12.4 Å². The van der Waals surface area contributed by atoms with Gasteiger partial charge in [-0.15, -0.1) is 12.4 Å². The second kappa shape index (κ2) is 7.67. The minimum atomic E-state index is 0. The number of benzene rings is 1. The normalized spacial score (nSPS) is 25.3. The quantitative estimate of drug-likeness (QED) is 0.879. The van der Waals surface area contributed by atoms with Gasteiger partial charge in [-0.25, -0.2) is 0 Å². The van der Waals surface area contributed by atoms with Gasteiger partial charge in [-0.1, -0.05) is 38.1 Å². The molecule has 2 atom stereocenters. The highest BCUT2D eigenvalue weighted by Crippen LogP contribution is 2.41. The van der Waals surface area contributed by atoms with Gasteiger partial charge in [-0.2, -0.15) is 0 Å². The van der Waals surface area contributed by atoms with Gasteiger partial charge in [0.15, 0.2) is 0 Å². The van der Waals surface area contributed by atoms with E-state index in [1.165, 1.54) is 17.5 Å². The van der Waals surface area contributed by atoms with Crippen molar-refractivity contribution in [1.29, 1.82) is 0 Å². The summed E-state index contributed by atoms with van der Waals surface area (Å²) in [6, 6.07) is 8.79. The highest BCUT2D eigenvalue weighted by molar-refractivity contribution is 5.85. The summed E-state index contributed by atoms with van der Waals surface area (Å²) in [6.45, 7) is 6.79. The van der Waals surface area contributed by atoms with Crippen LogP contribution in [-0.4, -0.2) is 19.0 Å². The molecule has 1 aromatic carbocycles. The SMILES string of the molecule is CC1(C)CCC(NC(=O)CCC2CCNC2)c2ccccc21.Cl. The van der Waals surface area contributed by atoms with Crippen molar-refractivity contribution in [3.8, 4) is 0 Å². The van der Waals surface area contributed by atoms with Crippen LogP contribution in [0.1, 0.15) is 63.1 Å². The number of fused-ring (bicyclic) bond motifs is 1. The molecule has 0 aromatic heterocycles. The van der Waals surface area contributed by atoms with Crippen molar-refractivity contribution >= 4 is 18.3 Å². The Morgan fingerprint density at radius 2 is 2.09 bits per heavy atom. The molecule has 3 nitrogen and oxygen atoms in total. The molecule has 1 aliphatic heterocycles. The average Bonchev–Trinajstić information content (AvgIpc) is 3.02. The average molecular weight is 337 g/mol. The summed E-state index contributed by atoms with van der Waals surface area (Å²) >= 11 is 0. The molecule has 1 saturated heterocycles. The summed E-state index contributed by atoms with van der Waals surface area (Å²) in [7, 11) is 0. The van der Waals surface area contributed by atoms with Gasteiger partial charge in [0.25, 0.3) is 0 Å². The summed E-state index contributed by atoms with van der Waals surface area (Å²) < 4.78 is 0. The molecular formula is C19H29ClN2O. The minimum Gasteiger partial charge on any atom is -0.349 e. The van der Waals surface area contributed by atoms with Crippen molar-refractivity contribution in [2.75, 3.05) is 13.1 Å².